The lowest BCUT2D eigenvalue weighted by molar-refractivity contribution is -0.207. The van der Waals surface area contributed by atoms with Crippen LogP contribution in [0.1, 0.15) is 17.9 Å². The van der Waals surface area contributed by atoms with Gasteiger partial charge < -0.3 is 5.11 Å². The Morgan fingerprint density at radius 1 is 1.25 bits per heavy atom. The summed E-state index contributed by atoms with van der Waals surface area (Å²) in [6.45, 7) is 0.179. The van der Waals surface area contributed by atoms with Crippen molar-refractivity contribution in [3.05, 3.63) is 35.4 Å². The quantitative estimate of drug-likeness (QED) is 0.867. The van der Waals surface area contributed by atoms with E-state index in [1.165, 1.54) is 11.0 Å². The largest absolute Gasteiger partial charge is 0.415 e. The van der Waals surface area contributed by atoms with E-state index in [2.05, 4.69) is 0 Å². The lowest BCUT2D eigenvalue weighted by atomic mass is 9.98. The Hall–Kier alpha value is -1.21. The van der Waals surface area contributed by atoms with Crippen molar-refractivity contribution < 1.29 is 27.1 Å². The number of halogens is 5. The summed E-state index contributed by atoms with van der Waals surface area (Å²) in [5.41, 5.74) is 0.563. The SMILES string of the molecule is OC(CN1CCC(c2ccc(F)c(F)c2)C1)C(F)(F)F. The third kappa shape index (κ3) is 3.46. The van der Waals surface area contributed by atoms with Crippen LogP contribution in [-0.2, 0) is 0 Å². The second-order valence-corrected chi connectivity index (χ2v) is 4.98. The molecule has 1 heterocycles. The Bertz CT molecular complexity index is 476. The predicted octanol–water partition coefficient (Wildman–Crippen LogP) is 2.68. The lowest BCUT2D eigenvalue weighted by Crippen LogP contribution is -2.40. The van der Waals surface area contributed by atoms with Crippen LogP contribution < -0.4 is 0 Å². The molecule has 112 valence electrons. The van der Waals surface area contributed by atoms with Gasteiger partial charge in [0, 0.05) is 13.1 Å². The first-order valence-electron chi connectivity index (χ1n) is 6.19. The molecule has 1 fully saturated rings. The van der Waals surface area contributed by atoms with Crippen LogP contribution in [0.15, 0.2) is 18.2 Å². The summed E-state index contributed by atoms with van der Waals surface area (Å²) in [6.07, 6.45) is -6.47. The van der Waals surface area contributed by atoms with Gasteiger partial charge in [-0.25, -0.2) is 8.78 Å². The number of hydrogen-bond acceptors (Lipinski definition) is 2. The van der Waals surface area contributed by atoms with E-state index in [0.29, 0.717) is 18.5 Å². The number of nitrogens with zero attached hydrogens (tertiary/aromatic N) is 1. The molecule has 2 nitrogen and oxygen atoms in total. The molecule has 1 aliphatic rings. The van der Waals surface area contributed by atoms with Gasteiger partial charge in [-0.1, -0.05) is 6.07 Å². The average molecular weight is 295 g/mol. The normalized spacial score (nSPS) is 22.2. The zero-order valence-electron chi connectivity index (χ0n) is 10.5. The zero-order chi connectivity index (χ0) is 14.9. The fourth-order valence-electron chi connectivity index (χ4n) is 2.38. The highest BCUT2D eigenvalue weighted by Crippen LogP contribution is 2.29. The van der Waals surface area contributed by atoms with Crippen LogP contribution >= 0.6 is 0 Å². The lowest BCUT2D eigenvalue weighted by Gasteiger charge is -2.21. The molecule has 0 radical (unpaired) electrons. The first-order valence-corrected chi connectivity index (χ1v) is 6.19. The topological polar surface area (TPSA) is 23.5 Å². The maximum atomic E-state index is 13.1. The number of hydrogen-bond donors (Lipinski definition) is 1. The number of β-amino-alcohol motifs (C(OH)–C–C–N with tert-alkyl or cyclic N) is 1. The molecule has 1 aromatic carbocycles. The van der Waals surface area contributed by atoms with Gasteiger partial charge in [0.1, 0.15) is 0 Å². The molecule has 0 spiro atoms. The van der Waals surface area contributed by atoms with Gasteiger partial charge in [0.25, 0.3) is 0 Å². The second-order valence-electron chi connectivity index (χ2n) is 4.98. The third-order valence-electron chi connectivity index (χ3n) is 3.50. The van der Waals surface area contributed by atoms with Gasteiger partial charge in [-0.05, 0) is 36.6 Å². The summed E-state index contributed by atoms with van der Waals surface area (Å²) < 4.78 is 62.7. The molecule has 2 rings (SSSR count). The molecular weight excluding hydrogens is 281 g/mol. The van der Waals surface area contributed by atoms with Crippen molar-refractivity contribution in [1.29, 1.82) is 0 Å². The van der Waals surface area contributed by atoms with Crippen molar-refractivity contribution in [2.75, 3.05) is 19.6 Å². The Balaban J connectivity index is 1.97. The predicted molar refractivity (Wildman–Crippen MR) is 62.2 cm³/mol. The van der Waals surface area contributed by atoms with Gasteiger partial charge in [0.05, 0.1) is 0 Å². The molecular formula is C13H14F5NO. The van der Waals surface area contributed by atoms with E-state index >= 15 is 0 Å². The van der Waals surface area contributed by atoms with Crippen LogP contribution in [-0.4, -0.2) is 41.9 Å². The molecule has 1 aliphatic heterocycles. The third-order valence-corrected chi connectivity index (χ3v) is 3.50. The van der Waals surface area contributed by atoms with Gasteiger partial charge in [-0.2, -0.15) is 13.2 Å². The summed E-state index contributed by atoms with van der Waals surface area (Å²) in [5.74, 6) is -2.06. The number of aliphatic hydroxyl groups excluding tert-OH is 1. The highest BCUT2D eigenvalue weighted by molar-refractivity contribution is 5.23. The number of aliphatic hydroxyl groups is 1. The average Bonchev–Trinajstić information content (AvgIpc) is 2.80. The van der Waals surface area contributed by atoms with E-state index in [1.54, 1.807) is 0 Å². The van der Waals surface area contributed by atoms with E-state index in [4.69, 9.17) is 5.11 Å². The number of rotatable bonds is 3. The van der Waals surface area contributed by atoms with Crippen molar-refractivity contribution in [1.82, 2.24) is 4.90 Å². The van der Waals surface area contributed by atoms with Crippen LogP contribution in [0.4, 0.5) is 22.0 Å². The zero-order valence-corrected chi connectivity index (χ0v) is 10.5. The van der Waals surface area contributed by atoms with Gasteiger partial charge in [-0.3, -0.25) is 4.90 Å². The van der Waals surface area contributed by atoms with Gasteiger partial charge >= 0.3 is 6.18 Å². The summed E-state index contributed by atoms with van der Waals surface area (Å²) in [6, 6.07) is 3.52. The number of alkyl halides is 3. The maximum Gasteiger partial charge on any atom is 0.415 e. The first-order chi connectivity index (χ1) is 9.27. The molecule has 0 aliphatic carbocycles. The van der Waals surface area contributed by atoms with Gasteiger partial charge in [0.2, 0.25) is 0 Å². The van der Waals surface area contributed by atoms with E-state index in [0.717, 1.165) is 12.1 Å². The van der Waals surface area contributed by atoms with E-state index < -0.39 is 30.5 Å². The van der Waals surface area contributed by atoms with Gasteiger partial charge in [-0.15, -0.1) is 0 Å². The maximum absolute atomic E-state index is 13.1. The summed E-state index contributed by atoms with van der Waals surface area (Å²) >= 11 is 0. The molecule has 0 aromatic heterocycles. The van der Waals surface area contributed by atoms with Crippen LogP contribution in [0.25, 0.3) is 0 Å². The monoisotopic (exact) mass is 295 g/mol. The minimum Gasteiger partial charge on any atom is -0.382 e. The van der Waals surface area contributed by atoms with E-state index in [-0.39, 0.29) is 12.5 Å². The molecule has 7 heteroatoms. The first kappa shape index (κ1) is 15.2. The van der Waals surface area contributed by atoms with Crippen LogP contribution in [0, 0.1) is 11.6 Å². The highest BCUT2D eigenvalue weighted by atomic mass is 19.4. The number of likely N-dealkylation sites (tertiary alicyclic amines) is 1. The molecule has 0 saturated carbocycles. The molecule has 0 amide bonds. The van der Waals surface area contributed by atoms with E-state index in [1.807, 2.05) is 0 Å². The van der Waals surface area contributed by atoms with Crippen molar-refractivity contribution in [2.24, 2.45) is 0 Å². The summed E-state index contributed by atoms with van der Waals surface area (Å²) in [4.78, 5) is 1.48. The minimum absolute atomic E-state index is 0.148. The molecule has 2 unspecified atom stereocenters. The Kier molecular flexibility index (Phi) is 4.29. The smallest absolute Gasteiger partial charge is 0.382 e. The molecule has 0 bridgehead atoms. The van der Waals surface area contributed by atoms with Crippen molar-refractivity contribution in [3.8, 4) is 0 Å². The number of benzene rings is 1. The fourth-order valence-corrected chi connectivity index (χ4v) is 2.38. The summed E-state index contributed by atoms with van der Waals surface area (Å²) in [5, 5.41) is 9.01. The summed E-state index contributed by atoms with van der Waals surface area (Å²) in [7, 11) is 0. The second kappa shape index (κ2) is 5.65. The molecule has 1 N–H and O–H groups in total. The van der Waals surface area contributed by atoms with Crippen LogP contribution in [0.3, 0.4) is 0 Å². The molecule has 1 aromatic rings. The van der Waals surface area contributed by atoms with Crippen molar-refractivity contribution in [2.45, 2.75) is 24.6 Å². The van der Waals surface area contributed by atoms with Gasteiger partial charge in [0.15, 0.2) is 17.7 Å². The van der Waals surface area contributed by atoms with Crippen molar-refractivity contribution >= 4 is 0 Å². The Morgan fingerprint density at radius 2 is 1.95 bits per heavy atom. The van der Waals surface area contributed by atoms with Crippen LogP contribution in [0.5, 0.6) is 0 Å². The Morgan fingerprint density at radius 3 is 2.55 bits per heavy atom. The highest BCUT2D eigenvalue weighted by Gasteiger charge is 2.40. The molecule has 2 atom stereocenters. The standard InChI is InChI=1S/C13H14F5NO/c14-10-2-1-8(5-11(10)15)9-3-4-19(6-9)7-12(20)13(16,17)18/h1-2,5,9,12,20H,3-4,6-7H2. The Labute approximate surface area is 112 Å². The fraction of sp³-hybridized carbons (Fsp3) is 0.538. The van der Waals surface area contributed by atoms with Crippen molar-refractivity contribution in [3.63, 3.8) is 0 Å². The molecule has 20 heavy (non-hydrogen) atoms. The van der Waals surface area contributed by atoms with E-state index in [9.17, 15) is 22.0 Å². The minimum atomic E-state index is -4.64. The van der Waals surface area contributed by atoms with Crippen LogP contribution in [0.2, 0.25) is 0 Å². The molecule has 1 saturated heterocycles.